The fourth-order valence-corrected chi connectivity index (χ4v) is 4.60. The molecule has 2 aromatic rings. The Bertz CT molecular complexity index is 695. The third-order valence-corrected chi connectivity index (χ3v) is 6.51. The number of carbonyl (C=O) groups excluding carboxylic acids is 2. The van der Waals surface area contributed by atoms with E-state index in [0.717, 1.165) is 14.3 Å². The van der Waals surface area contributed by atoms with Gasteiger partial charge in [0.1, 0.15) is 0 Å². The summed E-state index contributed by atoms with van der Waals surface area (Å²) >= 11 is 4.28. The number of hydrogen-bond acceptors (Lipinski definition) is 8. The van der Waals surface area contributed by atoms with Crippen LogP contribution in [-0.2, 0) is 4.79 Å². The highest BCUT2D eigenvalue weighted by molar-refractivity contribution is 8.01. The first-order valence-electron chi connectivity index (χ1n) is 7.42. The van der Waals surface area contributed by atoms with Gasteiger partial charge in [-0.15, -0.1) is 21.5 Å². The van der Waals surface area contributed by atoms with Crippen molar-refractivity contribution >= 4 is 51.4 Å². The molecule has 0 spiro atoms. The molecule has 0 radical (unpaired) electrons. The maximum absolute atomic E-state index is 12.3. The molecule has 1 saturated heterocycles. The molecule has 1 N–H and O–H groups in total. The van der Waals surface area contributed by atoms with E-state index in [2.05, 4.69) is 15.5 Å². The number of hydrogen-bond donors (Lipinski definition) is 1. The van der Waals surface area contributed by atoms with E-state index in [4.69, 9.17) is 0 Å². The van der Waals surface area contributed by atoms with Crippen molar-refractivity contribution in [1.82, 2.24) is 20.0 Å². The van der Waals surface area contributed by atoms with Crippen molar-refractivity contribution in [2.45, 2.75) is 4.34 Å². The monoisotopic (exact) mass is 383 g/mol. The van der Waals surface area contributed by atoms with E-state index >= 15 is 0 Å². The predicted molar refractivity (Wildman–Crippen MR) is 97.0 cm³/mol. The Morgan fingerprint density at radius 3 is 2.62 bits per heavy atom. The number of piperazine rings is 1. The van der Waals surface area contributed by atoms with Gasteiger partial charge in [-0.1, -0.05) is 29.2 Å². The van der Waals surface area contributed by atoms with Crippen molar-refractivity contribution in [2.75, 3.05) is 44.3 Å². The van der Waals surface area contributed by atoms with Gasteiger partial charge in [0.2, 0.25) is 11.0 Å². The number of thioether (sulfide) groups is 1. The van der Waals surface area contributed by atoms with Crippen LogP contribution >= 0.6 is 34.4 Å². The van der Waals surface area contributed by atoms with Gasteiger partial charge in [-0.2, -0.15) is 0 Å². The van der Waals surface area contributed by atoms with Gasteiger partial charge in [0.05, 0.1) is 10.6 Å². The first kappa shape index (κ1) is 17.2. The molecule has 1 fully saturated rings. The number of nitrogens with one attached hydrogen (secondary N) is 1. The molecule has 0 saturated carbocycles. The molecule has 2 amide bonds. The molecule has 128 valence electrons. The molecule has 1 aliphatic heterocycles. The summed E-state index contributed by atoms with van der Waals surface area (Å²) in [6.45, 7) is 2.31. The van der Waals surface area contributed by atoms with Crippen LogP contribution in [-0.4, -0.2) is 70.8 Å². The van der Waals surface area contributed by atoms with Gasteiger partial charge in [0.25, 0.3) is 5.91 Å². The zero-order valence-corrected chi connectivity index (χ0v) is 15.5. The molecular formula is C14H17N5O2S3. The molecule has 1 aliphatic rings. The van der Waals surface area contributed by atoms with E-state index in [-0.39, 0.29) is 11.8 Å². The third kappa shape index (κ3) is 4.05. The zero-order chi connectivity index (χ0) is 16.9. The van der Waals surface area contributed by atoms with Crippen molar-refractivity contribution < 1.29 is 9.59 Å². The third-order valence-electron chi connectivity index (χ3n) is 3.59. The number of carbonyl (C=O) groups is 2. The van der Waals surface area contributed by atoms with Crippen molar-refractivity contribution in [2.24, 2.45) is 0 Å². The molecule has 0 aromatic carbocycles. The topological polar surface area (TPSA) is 78.4 Å². The summed E-state index contributed by atoms with van der Waals surface area (Å²) in [5.74, 6) is 0.473. The Labute approximate surface area is 152 Å². The number of nitrogens with zero attached hydrogens (tertiary/aromatic N) is 4. The summed E-state index contributed by atoms with van der Waals surface area (Å²) in [6, 6.07) is 3.71. The molecule has 3 heterocycles. The quantitative estimate of drug-likeness (QED) is 0.792. The van der Waals surface area contributed by atoms with Crippen molar-refractivity contribution in [3.05, 3.63) is 22.4 Å². The highest BCUT2D eigenvalue weighted by atomic mass is 32.2. The molecule has 0 bridgehead atoms. The summed E-state index contributed by atoms with van der Waals surface area (Å²) < 4.78 is 0.777. The first-order valence-corrected chi connectivity index (χ1v) is 10.1. The van der Waals surface area contributed by atoms with Crippen LogP contribution < -0.4 is 5.32 Å². The van der Waals surface area contributed by atoms with Gasteiger partial charge in [-0.3, -0.25) is 9.59 Å². The van der Waals surface area contributed by atoms with E-state index in [0.29, 0.717) is 31.9 Å². The Hall–Kier alpha value is -1.65. The van der Waals surface area contributed by atoms with Crippen LogP contribution in [0.25, 0.3) is 0 Å². The van der Waals surface area contributed by atoms with Gasteiger partial charge in [-0.25, -0.2) is 0 Å². The van der Waals surface area contributed by atoms with Crippen LogP contribution in [0.3, 0.4) is 0 Å². The molecule has 7 nitrogen and oxygen atoms in total. The molecule has 3 rings (SSSR count). The van der Waals surface area contributed by atoms with Crippen LogP contribution in [0, 0.1) is 0 Å². The summed E-state index contributed by atoms with van der Waals surface area (Å²) in [5, 5.41) is 13.5. The van der Waals surface area contributed by atoms with E-state index in [1.165, 1.54) is 34.4 Å². The lowest BCUT2D eigenvalue weighted by Crippen LogP contribution is -2.50. The van der Waals surface area contributed by atoms with Crippen LogP contribution in [0.4, 0.5) is 5.13 Å². The number of rotatable bonds is 5. The second-order valence-electron chi connectivity index (χ2n) is 5.06. The Morgan fingerprint density at radius 2 is 2.00 bits per heavy atom. The summed E-state index contributed by atoms with van der Waals surface area (Å²) in [4.78, 5) is 29.0. The largest absolute Gasteiger partial charge is 0.363 e. The van der Waals surface area contributed by atoms with E-state index in [9.17, 15) is 9.59 Å². The zero-order valence-electron chi connectivity index (χ0n) is 13.1. The van der Waals surface area contributed by atoms with E-state index < -0.39 is 0 Å². The smallest absolute Gasteiger partial charge is 0.264 e. The Morgan fingerprint density at radius 1 is 1.25 bits per heavy atom. The SMILES string of the molecule is CNc1nnc(SCC(=O)N2CCN(C(=O)c3cccs3)CC2)s1. The van der Waals surface area contributed by atoms with Gasteiger partial charge < -0.3 is 15.1 Å². The molecule has 0 unspecified atom stereocenters. The molecule has 0 atom stereocenters. The second-order valence-corrected chi connectivity index (χ2v) is 8.21. The lowest BCUT2D eigenvalue weighted by molar-refractivity contribution is -0.129. The fraction of sp³-hybridized carbons (Fsp3) is 0.429. The minimum atomic E-state index is 0.0555. The van der Waals surface area contributed by atoms with E-state index in [1.807, 2.05) is 27.3 Å². The van der Waals surface area contributed by atoms with Crippen molar-refractivity contribution in [3.63, 3.8) is 0 Å². The first-order chi connectivity index (χ1) is 11.7. The predicted octanol–water partition coefficient (Wildman–Crippen LogP) is 1.72. The number of amides is 2. The lowest BCUT2D eigenvalue weighted by atomic mass is 10.3. The maximum Gasteiger partial charge on any atom is 0.264 e. The van der Waals surface area contributed by atoms with E-state index in [1.54, 1.807) is 7.05 Å². The van der Waals surface area contributed by atoms with Crippen LogP contribution in [0.2, 0.25) is 0 Å². The molecule has 0 aliphatic carbocycles. The van der Waals surface area contributed by atoms with Crippen LogP contribution in [0.1, 0.15) is 9.67 Å². The summed E-state index contributed by atoms with van der Waals surface area (Å²) in [5.41, 5.74) is 0. The summed E-state index contributed by atoms with van der Waals surface area (Å²) in [6.07, 6.45) is 0. The Kier molecular flexibility index (Phi) is 5.69. The number of thiophene rings is 1. The lowest BCUT2D eigenvalue weighted by Gasteiger charge is -2.34. The highest BCUT2D eigenvalue weighted by Gasteiger charge is 2.25. The average Bonchev–Trinajstić information content (AvgIpc) is 3.30. The summed E-state index contributed by atoms with van der Waals surface area (Å²) in [7, 11) is 1.79. The average molecular weight is 384 g/mol. The maximum atomic E-state index is 12.3. The van der Waals surface area contributed by atoms with Gasteiger partial charge in [0, 0.05) is 33.2 Å². The molecular weight excluding hydrogens is 366 g/mol. The number of anilines is 1. The number of aromatic nitrogens is 2. The standard InChI is InChI=1S/C14H17N5O2S3/c1-15-13-16-17-14(24-13)23-9-11(20)18-4-6-19(7-5-18)12(21)10-3-2-8-22-10/h2-3,8H,4-7,9H2,1H3,(H,15,16). The van der Waals surface area contributed by atoms with Crippen LogP contribution in [0.15, 0.2) is 21.9 Å². The molecule has 24 heavy (non-hydrogen) atoms. The normalized spacial score (nSPS) is 14.7. The van der Waals surface area contributed by atoms with Gasteiger partial charge in [-0.05, 0) is 11.4 Å². The van der Waals surface area contributed by atoms with Crippen molar-refractivity contribution in [1.29, 1.82) is 0 Å². The van der Waals surface area contributed by atoms with Crippen LogP contribution in [0.5, 0.6) is 0 Å². The fourth-order valence-electron chi connectivity index (χ4n) is 2.30. The minimum Gasteiger partial charge on any atom is -0.363 e. The minimum absolute atomic E-state index is 0.0555. The molecule has 10 heteroatoms. The van der Waals surface area contributed by atoms with Crippen molar-refractivity contribution in [3.8, 4) is 0 Å². The highest BCUT2D eigenvalue weighted by Crippen LogP contribution is 2.25. The molecule has 2 aromatic heterocycles. The van der Waals surface area contributed by atoms with Gasteiger partial charge in [0.15, 0.2) is 4.34 Å². The Balaban J connectivity index is 1.45. The van der Waals surface area contributed by atoms with Gasteiger partial charge >= 0.3 is 0 Å². The second kappa shape index (κ2) is 7.95.